The summed E-state index contributed by atoms with van der Waals surface area (Å²) in [6.45, 7) is 3.00. The summed E-state index contributed by atoms with van der Waals surface area (Å²) in [5.74, 6) is -4.25. The Balaban J connectivity index is 2.97. The number of aliphatic hydroxyl groups excluding tert-OH is 1. The number of nitrogens with one attached hydrogen (secondary N) is 2. The molecule has 0 aromatic carbocycles. The molecule has 4 atom stereocenters. The largest absolute Gasteiger partial charge is 0.480 e. The average molecular weight is 429 g/mol. The number of rotatable bonds is 11. The smallest absolute Gasteiger partial charge is 0.326 e. The predicted molar refractivity (Wildman–Crippen MR) is 105 cm³/mol. The maximum absolute atomic E-state index is 12.9. The van der Waals surface area contributed by atoms with Crippen molar-refractivity contribution in [1.82, 2.24) is 15.5 Å². The first-order valence-corrected chi connectivity index (χ1v) is 9.78. The van der Waals surface area contributed by atoms with Crippen LogP contribution in [0.4, 0.5) is 0 Å². The number of nitrogens with zero attached hydrogens (tertiary/aromatic N) is 1. The van der Waals surface area contributed by atoms with Gasteiger partial charge in [0.15, 0.2) is 0 Å². The summed E-state index contributed by atoms with van der Waals surface area (Å²) in [5, 5.41) is 23.2. The molecule has 0 radical (unpaired) electrons. The highest BCUT2D eigenvalue weighted by molar-refractivity contribution is 5.94. The zero-order valence-electron chi connectivity index (χ0n) is 17.2. The van der Waals surface area contributed by atoms with Crippen LogP contribution in [0.25, 0.3) is 0 Å². The maximum atomic E-state index is 12.9. The summed E-state index contributed by atoms with van der Waals surface area (Å²) in [4.78, 5) is 61.4. The Morgan fingerprint density at radius 1 is 1.13 bits per heavy atom. The first kappa shape index (κ1) is 25.3. The third-order valence-electron chi connectivity index (χ3n) is 4.90. The van der Waals surface area contributed by atoms with E-state index in [4.69, 9.17) is 16.6 Å². The van der Waals surface area contributed by atoms with Crippen molar-refractivity contribution in [3.05, 3.63) is 0 Å². The summed E-state index contributed by atoms with van der Waals surface area (Å²) in [6, 6.07) is -4.47. The number of aliphatic hydroxyl groups is 1. The summed E-state index contributed by atoms with van der Waals surface area (Å²) in [6.07, 6.45) is 0.528. The number of hydrogen-bond acceptors (Lipinski definition) is 7. The van der Waals surface area contributed by atoms with Crippen LogP contribution in [-0.2, 0) is 24.0 Å². The van der Waals surface area contributed by atoms with E-state index in [-0.39, 0.29) is 25.3 Å². The molecule has 4 unspecified atom stereocenters. The van der Waals surface area contributed by atoms with Gasteiger partial charge in [-0.25, -0.2) is 4.79 Å². The molecule has 170 valence electrons. The first-order valence-electron chi connectivity index (χ1n) is 9.78. The topological polar surface area (TPSA) is 205 Å². The minimum absolute atomic E-state index is 0.133. The molecule has 4 amide bonds. The van der Waals surface area contributed by atoms with Gasteiger partial charge in [0.25, 0.3) is 0 Å². The molecule has 0 saturated carbocycles. The van der Waals surface area contributed by atoms with Crippen LogP contribution in [-0.4, -0.2) is 82.0 Å². The summed E-state index contributed by atoms with van der Waals surface area (Å²) < 4.78 is 0. The number of nitrogens with two attached hydrogens (primary N) is 2. The van der Waals surface area contributed by atoms with Crippen LogP contribution in [0.5, 0.6) is 0 Å². The normalized spacial score (nSPS) is 19.1. The van der Waals surface area contributed by atoms with Gasteiger partial charge in [-0.2, -0.15) is 0 Å². The van der Waals surface area contributed by atoms with Crippen molar-refractivity contribution in [3.63, 3.8) is 0 Å². The Morgan fingerprint density at radius 3 is 2.27 bits per heavy atom. The van der Waals surface area contributed by atoms with Gasteiger partial charge in [0.05, 0.1) is 6.61 Å². The molecule has 0 spiro atoms. The summed E-state index contributed by atoms with van der Waals surface area (Å²) in [5.41, 5.74) is 10.6. The van der Waals surface area contributed by atoms with E-state index in [2.05, 4.69) is 10.6 Å². The number of carbonyl (C=O) groups excluding carboxylic acids is 4. The second-order valence-corrected chi connectivity index (χ2v) is 7.61. The van der Waals surface area contributed by atoms with Gasteiger partial charge in [0.1, 0.15) is 24.2 Å². The van der Waals surface area contributed by atoms with E-state index in [0.29, 0.717) is 12.8 Å². The van der Waals surface area contributed by atoms with Crippen molar-refractivity contribution >= 4 is 29.6 Å². The van der Waals surface area contributed by atoms with Crippen LogP contribution in [0.15, 0.2) is 0 Å². The molecular formula is C18H31N5O7. The molecule has 0 bridgehead atoms. The molecule has 0 aromatic rings. The molecule has 1 aliphatic rings. The number of carbonyl (C=O) groups is 5. The molecule has 12 nitrogen and oxygen atoms in total. The van der Waals surface area contributed by atoms with Gasteiger partial charge in [-0.3, -0.25) is 19.2 Å². The van der Waals surface area contributed by atoms with E-state index < -0.39 is 60.4 Å². The van der Waals surface area contributed by atoms with Gasteiger partial charge >= 0.3 is 5.97 Å². The van der Waals surface area contributed by atoms with E-state index in [9.17, 15) is 29.1 Å². The zero-order chi connectivity index (χ0) is 23.0. The Bertz CT molecular complexity index is 669. The van der Waals surface area contributed by atoms with Crippen molar-refractivity contribution in [1.29, 1.82) is 0 Å². The first-order chi connectivity index (χ1) is 14.0. The average Bonchev–Trinajstić information content (AvgIpc) is 3.17. The van der Waals surface area contributed by atoms with Crippen LogP contribution >= 0.6 is 0 Å². The number of likely N-dealkylation sites (tertiary alicyclic amines) is 1. The van der Waals surface area contributed by atoms with Crippen LogP contribution < -0.4 is 22.1 Å². The molecule has 1 rings (SSSR count). The molecule has 1 heterocycles. The number of aliphatic carboxylic acids is 1. The highest BCUT2D eigenvalue weighted by atomic mass is 16.4. The Morgan fingerprint density at radius 2 is 1.77 bits per heavy atom. The van der Waals surface area contributed by atoms with E-state index in [0.717, 1.165) is 0 Å². The van der Waals surface area contributed by atoms with Gasteiger partial charge in [-0.15, -0.1) is 0 Å². The minimum atomic E-state index is -1.27. The quantitative estimate of drug-likeness (QED) is 0.203. The number of carboxylic acid groups (broad SMARTS) is 1. The van der Waals surface area contributed by atoms with Crippen LogP contribution in [0.3, 0.4) is 0 Å². The molecule has 0 aliphatic carbocycles. The van der Waals surface area contributed by atoms with E-state index in [1.54, 1.807) is 13.8 Å². The Kier molecular flexibility index (Phi) is 9.66. The molecule has 30 heavy (non-hydrogen) atoms. The molecule has 0 aromatic heterocycles. The molecule has 1 fully saturated rings. The molecule has 8 N–H and O–H groups in total. The molecular weight excluding hydrogens is 398 g/mol. The number of carboxylic acids is 1. The monoisotopic (exact) mass is 429 g/mol. The van der Waals surface area contributed by atoms with E-state index in [1.807, 2.05) is 0 Å². The van der Waals surface area contributed by atoms with Gasteiger partial charge in [0, 0.05) is 13.0 Å². The molecule has 1 saturated heterocycles. The zero-order valence-corrected chi connectivity index (χ0v) is 17.2. The van der Waals surface area contributed by atoms with Crippen molar-refractivity contribution < 1.29 is 34.2 Å². The third kappa shape index (κ3) is 6.95. The standard InChI is InChI=1S/C18H31N5O7/c1-9(2)14(17(28)23-7-3-4-12(23)18(29)30)22-16(27)11(5-6-13(20)25)21-15(26)10(19)8-24/h9-12,14,24H,3-8,19H2,1-2H3,(H2,20,25)(H,21,26)(H,22,27)(H,29,30). The fraction of sp³-hybridized carbons (Fsp3) is 0.722. The highest BCUT2D eigenvalue weighted by Crippen LogP contribution is 2.20. The fourth-order valence-electron chi connectivity index (χ4n) is 3.15. The van der Waals surface area contributed by atoms with Crippen LogP contribution in [0.2, 0.25) is 0 Å². The van der Waals surface area contributed by atoms with Gasteiger partial charge < -0.3 is 37.2 Å². The van der Waals surface area contributed by atoms with Crippen LogP contribution in [0.1, 0.15) is 39.5 Å². The maximum Gasteiger partial charge on any atom is 0.326 e. The van der Waals surface area contributed by atoms with E-state index in [1.165, 1.54) is 4.90 Å². The van der Waals surface area contributed by atoms with Gasteiger partial charge in [-0.1, -0.05) is 13.8 Å². The van der Waals surface area contributed by atoms with Gasteiger partial charge in [0.2, 0.25) is 23.6 Å². The van der Waals surface area contributed by atoms with Crippen molar-refractivity contribution in [2.45, 2.75) is 63.7 Å². The fourth-order valence-corrected chi connectivity index (χ4v) is 3.15. The lowest BCUT2D eigenvalue weighted by Crippen LogP contribution is -2.58. The molecule has 12 heteroatoms. The van der Waals surface area contributed by atoms with Crippen LogP contribution in [0, 0.1) is 5.92 Å². The van der Waals surface area contributed by atoms with Crippen molar-refractivity contribution in [2.75, 3.05) is 13.2 Å². The number of amides is 4. The van der Waals surface area contributed by atoms with Crippen molar-refractivity contribution in [2.24, 2.45) is 17.4 Å². The third-order valence-corrected chi connectivity index (χ3v) is 4.90. The minimum Gasteiger partial charge on any atom is -0.480 e. The Hall–Kier alpha value is -2.73. The Labute approximate surface area is 174 Å². The molecule has 1 aliphatic heterocycles. The SMILES string of the molecule is CC(C)C(NC(=O)C(CCC(N)=O)NC(=O)C(N)CO)C(=O)N1CCCC1C(=O)O. The highest BCUT2D eigenvalue weighted by Gasteiger charge is 2.39. The summed E-state index contributed by atoms with van der Waals surface area (Å²) in [7, 11) is 0. The number of primary amides is 1. The second kappa shape index (κ2) is 11.5. The predicted octanol–water partition coefficient (Wildman–Crippen LogP) is -2.73. The lowest BCUT2D eigenvalue weighted by molar-refractivity contribution is -0.150. The second-order valence-electron chi connectivity index (χ2n) is 7.61. The van der Waals surface area contributed by atoms with E-state index >= 15 is 0 Å². The number of hydrogen-bond donors (Lipinski definition) is 6. The summed E-state index contributed by atoms with van der Waals surface area (Å²) >= 11 is 0. The van der Waals surface area contributed by atoms with Gasteiger partial charge in [-0.05, 0) is 25.2 Å². The lowest BCUT2D eigenvalue weighted by Gasteiger charge is -2.30. The lowest BCUT2D eigenvalue weighted by atomic mass is 10.0. The van der Waals surface area contributed by atoms with Crippen molar-refractivity contribution in [3.8, 4) is 0 Å².